The molecule has 0 radical (unpaired) electrons. The van der Waals surface area contributed by atoms with Crippen molar-refractivity contribution in [3.8, 4) is 0 Å². The summed E-state index contributed by atoms with van der Waals surface area (Å²) in [7, 11) is 0. The monoisotopic (exact) mass is 498 g/mol. The van der Waals surface area contributed by atoms with E-state index in [1.54, 1.807) is 0 Å². The Bertz CT molecular complexity index is 642. The van der Waals surface area contributed by atoms with Gasteiger partial charge in [-0.1, -0.05) is 19.1 Å². The van der Waals surface area contributed by atoms with Crippen molar-refractivity contribution in [1.29, 1.82) is 0 Å². The molecule has 0 saturated carbocycles. The molecular formula is C22H35IN4O. The lowest BCUT2D eigenvalue weighted by atomic mass is 9.96. The quantitative estimate of drug-likeness (QED) is 0.367. The SMILES string of the molecule is CCNC(=NCc1ccc(N2CCC(C)CC2)cc1)NC1CC2CCC1O2.I. The van der Waals surface area contributed by atoms with Crippen LogP contribution in [0.25, 0.3) is 0 Å². The highest BCUT2D eigenvalue weighted by Gasteiger charge is 2.41. The van der Waals surface area contributed by atoms with Gasteiger partial charge in [0.25, 0.3) is 0 Å². The van der Waals surface area contributed by atoms with Crippen LogP contribution in [-0.2, 0) is 11.3 Å². The van der Waals surface area contributed by atoms with Gasteiger partial charge in [0.2, 0.25) is 0 Å². The zero-order chi connectivity index (χ0) is 18.6. The molecule has 3 saturated heterocycles. The summed E-state index contributed by atoms with van der Waals surface area (Å²) in [5, 5.41) is 6.97. The Hall–Kier alpha value is -1.02. The van der Waals surface area contributed by atoms with Crippen LogP contribution < -0.4 is 15.5 Å². The number of benzene rings is 1. The molecule has 3 fully saturated rings. The summed E-state index contributed by atoms with van der Waals surface area (Å²) < 4.78 is 5.95. The van der Waals surface area contributed by atoms with Crippen LogP contribution in [0.4, 0.5) is 5.69 Å². The maximum Gasteiger partial charge on any atom is 0.191 e. The molecule has 3 heterocycles. The number of rotatable bonds is 5. The molecule has 1 aromatic rings. The first kappa shape index (κ1) is 21.7. The molecule has 0 amide bonds. The number of ether oxygens (including phenoxy) is 1. The van der Waals surface area contributed by atoms with Crippen LogP contribution in [-0.4, -0.2) is 43.8 Å². The van der Waals surface area contributed by atoms with Gasteiger partial charge in [0.1, 0.15) is 0 Å². The van der Waals surface area contributed by atoms with Crippen LogP contribution in [0.5, 0.6) is 0 Å². The van der Waals surface area contributed by atoms with Crippen molar-refractivity contribution in [2.24, 2.45) is 10.9 Å². The summed E-state index contributed by atoms with van der Waals surface area (Å²) in [4.78, 5) is 7.32. The first-order chi connectivity index (χ1) is 13.2. The molecule has 28 heavy (non-hydrogen) atoms. The van der Waals surface area contributed by atoms with Gasteiger partial charge in [-0.2, -0.15) is 0 Å². The van der Waals surface area contributed by atoms with E-state index in [1.807, 2.05) is 0 Å². The Labute approximate surface area is 186 Å². The number of hydrogen-bond acceptors (Lipinski definition) is 3. The third-order valence-corrected chi connectivity index (χ3v) is 6.28. The van der Waals surface area contributed by atoms with Crippen molar-refractivity contribution < 1.29 is 4.74 Å². The summed E-state index contributed by atoms with van der Waals surface area (Å²) >= 11 is 0. The van der Waals surface area contributed by atoms with Gasteiger partial charge >= 0.3 is 0 Å². The summed E-state index contributed by atoms with van der Waals surface area (Å²) in [5.41, 5.74) is 2.60. The van der Waals surface area contributed by atoms with Crippen LogP contribution in [0.15, 0.2) is 29.3 Å². The first-order valence-corrected chi connectivity index (χ1v) is 10.8. The van der Waals surface area contributed by atoms with Gasteiger partial charge in [-0.25, -0.2) is 4.99 Å². The number of anilines is 1. The van der Waals surface area contributed by atoms with E-state index in [0.717, 1.165) is 24.8 Å². The minimum atomic E-state index is 0. The molecule has 6 heteroatoms. The molecule has 3 atom stereocenters. The van der Waals surface area contributed by atoms with Crippen LogP contribution in [0.3, 0.4) is 0 Å². The maximum atomic E-state index is 5.95. The Morgan fingerprint density at radius 1 is 1.14 bits per heavy atom. The van der Waals surface area contributed by atoms with E-state index < -0.39 is 0 Å². The van der Waals surface area contributed by atoms with E-state index in [2.05, 4.69) is 53.6 Å². The average molecular weight is 498 g/mol. The molecule has 4 rings (SSSR count). The van der Waals surface area contributed by atoms with Crippen molar-refractivity contribution in [3.05, 3.63) is 29.8 Å². The molecule has 0 aliphatic carbocycles. The fraction of sp³-hybridized carbons (Fsp3) is 0.682. The topological polar surface area (TPSA) is 48.9 Å². The summed E-state index contributed by atoms with van der Waals surface area (Å²) in [6.45, 7) is 8.41. The van der Waals surface area contributed by atoms with E-state index in [9.17, 15) is 0 Å². The highest BCUT2D eigenvalue weighted by Crippen LogP contribution is 2.34. The molecule has 156 valence electrons. The zero-order valence-electron chi connectivity index (χ0n) is 17.2. The zero-order valence-corrected chi connectivity index (χ0v) is 19.5. The molecule has 2 bridgehead atoms. The molecule has 0 aromatic heterocycles. The van der Waals surface area contributed by atoms with Crippen molar-refractivity contribution in [2.75, 3.05) is 24.5 Å². The second kappa shape index (κ2) is 10.1. The molecule has 1 aromatic carbocycles. The number of hydrogen-bond donors (Lipinski definition) is 2. The molecule has 0 spiro atoms. The van der Waals surface area contributed by atoms with Gasteiger partial charge in [0.05, 0.1) is 24.8 Å². The van der Waals surface area contributed by atoms with E-state index in [4.69, 9.17) is 9.73 Å². The highest BCUT2D eigenvalue weighted by atomic mass is 127. The lowest BCUT2D eigenvalue weighted by Crippen LogP contribution is -2.47. The highest BCUT2D eigenvalue weighted by molar-refractivity contribution is 14.0. The van der Waals surface area contributed by atoms with E-state index >= 15 is 0 Å². The van der Waals surface area contributed by atoms with Crippen LogP contribution >= 0.6 is 24.0 Å². The number of nitrogens with one attached hydrogen (secondary N) is 2. The number of aliphatic imine (C=N–C) groups is 1. The van der Waals surface area contributed by atoms with Gasteiger partial charge in [0, 0.05) is 25.3 Å². The summed E-state index contributed by atoms with van der Waals surface area (Å²) in [5.74, 6) is 1.78. The second-order valence-corrected chi connectivity index (χ2v) is 8.39. The molecular weight excluding hydrogens is 463 g/mol. The average Bonchev–Trinajstić information content (AvgIpc) is 3.31. The molecule has 3 unspecified atom stereocenters. The standard InChI is InChI=1S/C22H34N4O.HI/c1-3-23-22(25-20-14-19-8-9-21(20)27-19)24-15-17-4-6-18(7-5-17)26-12-10-16(2)11-13-26;/h4-7,16,19-21H,3,8-15H2,1-2H3,(H2,23,24,25);1H. The Morgan fingerprint density at radius 2 is 1.89 bits per heavy atom. The number of halogens is 1. The third kappa shape index (κ3) is 5.32. The first-order valence-electron chi connectivity index (χ1n) is 10.8. The predicted octanol–water partition coefficient (Wildman–Crippen LogP) is 3.92. The van der Waals surface area contributed by atoms with Crippen molar-refractivity contribution in [3.63, 3.8) is 0 Å². The minimum Gasteiger partial charge on any atom is -0.373 e. The number of nitrogens with zero attached hydrogens (tertiary/aromatic N) is 2. The Balaban J connectivity index is 0.00000225. The number of guanidine groups is 1. The van der Waals surface area contributed by atoms with Crippen LogP contribution in [0.2, 0.25) is 0 Å². The maximum absolute atomic E-state index is 5.95. The fourth-order valence-electron chi connectivity index (χ4n) is 4.53. The Kier molecular flexibility index (Phi) is 7.85. The van der Waals surface area contributed by atoms with Crippen molar-refractivity contribution in [1.82, 2.24) is 10.6 Å². The van der Waals surface area contributed by atoms with Gasteiger partial charge in [-0.3, -0.25) is 0 Å². The van der Waals surface area contributed by atoms with Crippen molar-refractivity contribution >= 4 is 35.6 Å². The van der Waals surface area contributed by atoms with Crippen LogP contribution in [0.1, 0.15) is 51.5 Å². The van der Waals surface area contributed by atoms with E-state index in [0.29, 0.717) is 24.8 Å². The molecule has 3 aliphatic rings. The van der Waals surface area contributed by atoms with Gasteiger partial charge in [-0.15, -0.1) is 24.0 Å². The van der Waals surface area contributed by atoms with Gasteiger partial charge in [-0.05, 0) is 62.6 Å². The fourth-order valence-corrected chi connectivity index (χ4v) is 4.53. The minimum absolute atomic E-state index is 0. The molecule has 2 N–H and O–H groups in total. The lowest BCUT2D eigenvalue weighted by molar-refractivity contribution is 0.0992. The van der Waals surface area contributed by atoms with E-state index in [1.165, 1.54) is 50.0 Å². The number of fused-ring (bicyclic) bond motifs is 2. The molecule has 3 aliphatic heterocycles. The lowest BCUT2D eigenvalue weighted by Gasteiger charge is -2.32. The molecule has 5 nitrogen and oxygen atoms in total. The van der Waals surface area contributed by atoms with E-state index in [-0.39, 0.29) is 24.0 Å². The largest absolute Gasteiger partial charge is 0.373 e. The van der Waals surface area contributed by atoms with Gasteiger partial charge < -0.3 is 20.3 Å². The van der Waals surface area contributed by atoms with Gasteiger partial charge in [0.15, 0.2) is 5.96 Å². The summed E-state index contributed by atoms with van der Waals surface area (Å²) in [6, 6.07) is 9.36. The normalized spacial score (nSPS) is 27.6. The smallest absolute Gasteiger partial charge is 0.191 e. The summed E-state index contributed by atoms with van der Waals surface area (Å²) in [6.07, 6.45) is 6.94. The third-order valence-electron chi connectivity index (χ3n) is 6.28. The predicted molar refractivity (Wildman–Crippen MR) is 127 cm³/mol. The van der Waals surface area contributed by atoms with Crippen molar-refractivity contribution in [2.45, 2.75) is 70.7 Å². The number of piperidine rings is 1. The second-order valence-electron chi connectivity index (χ2n) is 8.39. The Morgan fingerprint density at radius 3 is 2.50 bits per heavy atom. The van der Waals surface area contributed by atoms with Crippen LogP contribution in [0, 0.1) is 5.92 Å².